The van der Waals surface area contributed by atoms with Gasteiger partial charge < -0.3 is 10.8 Å². The highest BCUT2D eigenvalue weighted by Gasteiger charge is 2.19. The third kappa shape index (κ3) is 3.37. The molecule has 0 saturated heterocycles. The molecule has 3 N–H and O–H groups in total. The number of carboxylic acids is 1. The van der Waals surface area contributed by atoms with E-state index in [2.05, 4.69) is 5.73 Å². The first kappa shape index (κ1) is 10.2. The van der Waals surface area contributed by atoms with E-state index < -0.39 is 23.6 Å². The summed E-state index contributed by atoms with van der Waals surface area (Å²) in [7, 11) is 0. The van der Waals surface area contributed by atoms with E-state index in [1.165, 1.54) is 0 Å². The number of carbonyl (C=O) groups excluding carboxylic acids is 2. The minimum absolute atomic E-state index is 0.628. The van der Waals surface area contributed by atoms with E-state index in [0.717, 1.165) is 6.92 Å². The Labute approximate surface area is 68.5 Å². The molecule has 12 heavy (non-hydrogen) atoms. The Hall–Kier alpha value is -1.83. The van der Waals surface area contributed by atoms with Crippen molar-refractivity contribution in [1.29, 1.82) is 0 Å². The fraction of sp³-hybridized carbons (Fsp3) is 0.286. The van der Waals surface area contributed by atoms with Gasteiger partial charge in [-0.1, -0.05) is 5.92 Å². The van der Waals surface area contributed by atoms with E-state index in [0.29, 0.717) is 0 Å². The van der Waals surface area contributed by atoms with E-state index in [9.17, 15) is 14.4 Å². The number of aliphatic carboxylic acids is 1. The molecule has 1 unspecified atom stereocenters. The standard InChI is InChI=1S/C7H7NO4/c1-4(9)5(7(11)12)2-3-6(8)10/h5H,1H3,(H2,8,10)(H,11,12). The van der Waals surface area contributed by atoms with Gasteiger partial charge >= 0.3 is 5.97 Å². The first-order valence-electron chi connectivity index (χ1n) is 2.99. The van der Waals surface area contributed by atoms with E-state index in [1.54, 1.807) is 5.92 Å². The Morgan fingerprint density at radius 1 is 1.42 bits per heavy atom. The average molecular weight is 169 g/mol. The third-order valence-corrected chi connectivity index (χ3v) is 0.993. The molecule has 0 aromatic carbocycles. The molecular weight excluding hydrogens is 162 g/mol. The summed E-state index contributed by atoms with van der Waals surface area (Å²) in [5.41, 5.74) is 4.62. The second kappa shape index (κ2) is 4.13. The minimum atomic E-state index is -1.46. The van der Waals surface area contributed by atoms with Gasteiger partial charge in [-0.2, -0.15) is 0 Å². The summed E-state index contributed by atoms with van der Waals surface area (Å²) in [6.45, 7) is 1.08. The normalized spacial score (nSPS) is 10.8. The molecule has 0 bridgehead atoms. The summed E-state index contributed by atoms with van der Waals surface area (Å²) in [5, 5.41) is 8.38. The van der Waals surface area contributed by atoms with Gasteiger partial charge in [-0.3, -0.25) is 14.4 Å². The quantitative estimate of drug-likeness (QED) is 0.399. The molecule has 0 rings (SSSR count). The molecule has 0 heterocycles. The maximum absolute atomic E-state index is 10.6. The smallest absolute Gasteiger partial charge is 0.326 e. The van der Waals surface area contributed by atoms with Crippen LogP contribution in [0.2, 0.25) is 0 Å². The van der Waals surface area contributed by atoms with Crippen LogP contribution in [0, 0.1) is 17.8 Å². The van der Waals surface area contributed by atoms with Gasteiger partial charge in [0.1, 0.15) is 0 Å². The van der Waals surface area contributed by atoms with E-state index >= 15 is 0 Å². The van der Waals surface area contributed by atoms with Crippen molar-refractivity contribution in [3.05, 3.63) is 0 Å². The van der Waals surface area contributed by atoms with Crippen LogP contribution in [0.1, 0.15) is 6.92 Å². The van der Waals surface area contributed by atoms with Crippen molar-refractivity contribution < 1.29 is 19.5 Å². The molecule has 0 aliphatic rings. The second-order valence-corrected chi connectivity index (χ2v) is 2.02. The van der Waals surface area contributed by atoms with Crippen molar-refractivity contribution in [2.75, 3.05) is 0 Å². The Bertz CT molecular complexity index is 270. The van der Waals surface area contributed by atoms with Crippen LogP contribution >= 0.6 is 0 Å². The van der Waals surface area contributed by atoms with E-state index in [4.69, 9.17) is 5.11 Å². The van der Waals surface area contributed by atoms with Crippen LogP contribution in [0.5, 0.6) is 0 Å². The minimum Gasteiger partial charge on any atom is -0.480 e. The lowest BCUT2D eigenvalue weighted by molar-refractivity contribution is -0.143. The summed E-state index contributed by atoms with van der Waals surface area (Å²) < 4.78 is 0. The van der Waals surface area contributed by atoms with Gasteiger partial charge in [-0.05, 0) is 12.8 Å². The van der Waals surface area contributed by atoms with Crippen molar-refractivity contribution in [3.63, 3.8) is 0 Å². The summed E-state index contributed by atoms with van der Waals surface area (Å²) >= 11 is 0. The van der Waals surface area contributed by atoms with Gasteiger partial charge in [0.05, 0.1) is 0 Å². The Balaban J connectivity index is 4.59. The van der Waals surface area contributed by atoms with Crippen molar-refractivity contribution >= 4 is 17.7 Å². The molecule has 0 radical (unpaired) electrons. The fourth-order valence-electron chi connectivity index (χ4n) is 0.481. The lowest BCUT2D eigenvalue weighted by atomic mass is 10.1. The molecule has 0 fully saturated rings. The second-order valence-electron chi connectivity index (χ2n) is 2.02. The van der Waals surface area contributed by atoms with Gasteiger partial charge in [0, 0.05) is 0 Å². The van der Waals surface area contributed by atoms with Gasteiger partial charge in [0.2, 0.25) is 0 Å². The number of hydrogen-bond acceptors (Lipinski definition) is 3. The predicted molar refractivity (Wildman–Crippen MR) is 38.8 cm³/mol. The van der Waals surface area contributed by atoms with Crippen molar-refractivity contribution in [2.24, 2.45) is 11.7 Å². The highest BCUT2D eigenvalue weighted by Crippen LogP contribution is 1.95. The van der Waals surface area contributed by atoms with Gasteiger partial charge in [0.15, 0.2) is 11.7 Å². The SMILES string of the molecule is CC(=O)C(C#CC(N)=O)C(=O)O. The molecular formula is C7H7NO4. The molecule has 5 heteroatoms. The van der Waals surface area contributed by atoms with Crippen LogP contribution in [0.25, 0.3) is 0 Å². The van der Waals surface area contributed by atoms with E-state index in [1.807, 2.05) is 5.92 Å². The topological polar surface area (TPSA) is 97.5 Å². The molecule has 0 spiro atoms. The highest BCUT2D eigenvalue weighted by atomic mass is 16.4. The summed E-state index contributed by atoms with van der Waals surface area (Å²) in [6.07, 6.45) is 0. The molecule has 0 aliphatic heterocycles. The largest absolute Gasteiger partial charge is 0.480 e. The first-order chi connectivity index (χ1) is 5.45. The maximum atomic E-state index is 10.6. The number of amides is 1. The zero-order chi connectivity index (χ0) is 9.72. The number of rotatable bonds is 2. The van der Waals surface area contributed by atoms with Gasteiger partial charge in [-0.25, -0.2) is 0 Å². The van der Waals surface area contributed by atoms with Crippen LogP contribution < -0.4 is 5.73 Å². The number of ketones is 1. The molecule has 1 amide bonds. The fourth-order valence-corrected chi connectivity index (χ4v) is 0.481. The number of hydrogen-bond donors (Lipinski definition) is 2. The number of carboxylic acid groups (broad SMARTS) is 1. The average Bonchev–Trinajstić information content (AvgIpc) is 1.84. The molecule has 0 aromatic heterocycles. The van der Waals surface area contributed by atoms with Crippen molar-refractivity contribution in [2.45, 2.75) is 6.92 Å². The molecule has 5 nitrogen and oxygen atoms in total. The molecule has 0 aromatic rings. The molecule has 0 saturated carbocycles. The van der Waals surface area contributed by atoms with Gasteiger partial charge in [-0.15, -0.1) is 0 Å². The zero-order valence-corrected chi connectivity index (χ0v) is 6.33. The number of nitrogens with two attached hydrogens (primary N) is 1. The van der Waals surface area contributed by atoms with E-state index in [-0.39, 0.29) is 0 Å². The maximum Gasteiger partial charge on any atom is 0.326 e. The Morgan fingerprint density at radius 3 is 2.17 bits per heavy atom. The number of primary amides is 1. The number of carbonyl (C=O) groups is 3. The Morgan fingerprint density at radius 2 is 1.92 bits per heavy atom. The van der Waals surface area contributed by atoms with Crippen molar-refractivity contribution in [1.82, 2.24) is 0 Å². The zero-order valence-electron chi connectivity index (χ0n) is 6.33. The summed E-state index contributed by atoms with van der Waals surface area (Å²) in [4.78, 5) is 30.9. The third-order valence-electron chi connectivity index (χ3n) is 0.993. The van der Waals surface area contributed by atoms with Crippen LogP contribution in [-0.2, 0) is 14.4 Å². The van der Waals surface area contributed by atoms with Crippen LogP contribution in [-0.4, -0.2) is 22.8 Å². The summed E-state index contributed by atoms with van der Waals surface area (Å²) in [6, 6.07) is 0. The lowest BCUT2D eigenvalue weighted by Gasteiger charge is -1.96. The van der Waals surface area contributed by atoms with Crippen LogP contribution in [0.3, 0.4) is 0 Å². The van der Waals surface area contributed by atoms with Gasteiger partial charge in [0.25, 0.3) is 5.91 Å². The predicted octanol–water partition coefficient (Wildman–Crippen LogP) is -1.24. The van der Waals surface area contributed by atoms with Crippen LogP contribution in [0.15, 0.2) is 0 Å². The summed E-state index contributed by atoms with van der Waals surface area (Å²) in [5.74, 6) is -0.684. The monoisotopic (exact) mass is 169 g/mol. The molecule has 64 valence electrons. The number of Topliss-reactive ketones (excluding diaryl/α,β-unsaturated/α-hetero) is 1. The first-order valence-corrected chi connectivity index (χ1v) is 2.99. The van der Waals surface area contributed by atoms with Crippen LogP contribution in [0.4, 0.5) is 0 Å². The van der Waals surface area contributed by atoms with Crippen molar-refractivity contribution in [3.8, 4) is 11.8 Å². The highest BCUT2D eigenvalue weighted by molar-refractivity contribution is 6.02. The molecule has 1 atom stereocenters. The molecule has 0 aliphatic carbocycles. The lowest BCUT2D eigenvalue weighted by Crippen LogP contribution is -2.20. The Kier molecular flexibility index (Phi) is 3.50.